The Bertz CT molecular complexity index is 399. The highest BCUT2D eigenvalue weighted by molar-refractivity contribution is 5.87. The predicted octanol–water partition coefficient (Wildman–Crippen LogP) is 1.96. The van der Waals surface area contributed by atoms with Crippen LogP contribution in [-0.2, 0) is 10.2 Å². The first-order valence-electron chi connectivity index (χ1n) is 6.14. The van der Waals surface area contributed by atoms with E-state index in [1.54, 1.807) is 12.1 Å². The molecule has 0 spiro atoms. The number of rotatable bonds is 5. The average Bonchev–Trinajstić information content (AvgIpc) is 2.28. The topological polar surface area (TPSA) is 55.1 Å². The molecule has 3 nitrogen and oxygen atoms in total. The van der Waals surface area contributed by atoms with Crippen LogP contribution >= 0.6 is 0 Å². The molecule has 1 amide bonds. The highest BCUT2D eigenvalue weighted by atomic mass is 19.1. The number of carbonyl (C=O) groups is 1. The number of hydrogen-bond acceptors (Lipinski definition) is 2. The van der Waals surface area contributed by atoms with E-state index in [-0.39, 0.29) is 17.8 Å². The molecule has 0 saturated heterocycles. The molecule has 1 unspecified atom stereocenters. The minimum absolute atomic E-state index is 0.0687. The summed E-state index contributed by atoms with van der Waals surface area (Å²) in [6, 6.07) is 6.08. The van der Waals surface area contributed by atoms with Crippen molar-refractivity contribution in [2.24, 2.45) is 5.73 Å². The van der Waals surface area contributed by atoms with Gasteiger partial charge >= 0.3 is 0 Å². The van der Waals surface area contributed by atoms with Gasteiger partial charge in [0.15, 0.2) is 0 Å². The first-order chi connectivity index (χ1) is 8.34. The van der Waals surface area contributed by atoms with Crippen LogP contribution in [-0.4, -0.2) is 18.5 Å². The molecule has 3 N–H and O–H groups in total. The number of benzene rings is 1. The molecule has 0 heterocycles. The summed E-state index contributed by atoms with van der Waals surface area (Å²) in [6.07, 6.45) is 0.741. The first-order valence-corrected chi connectivity index (χ1v) is 6.14. The number of nitrogens with two attached hydrogens (primary N) is 1. The first kappa shape index (κ1) is 14.6. The zero-order chi connectivity index (χ0) is 13.8. The fourth-order valence-electron chi connectivity index (χ4n) is 1.63. The minimum atomic E-state index is -0.675. The standard InChI is InChI=1S/C14H21FN2O/c1-10(16)8-9-17-13(18)14(2,3)11-4-6-12(15)7-5-11/h4-7,10H,8-9,16H2,1-3H3,(H,17,18). The average molecular weight is 252 g/mol. The van der Waals surface area contributed by atoms with E-state index in [1.165, 1.54) is 12.1 Å². The second-order valence-electron chi connectivity index (χ2n) is 5.15. The maximum atomic E-state index is 12.9. The van der Waals surface area contributed by atoms with Gasteiger partial charge in [0.2, 0.25) is 5.91 Å². The number of carbonyl (C=O) groups excluding carboxylic acids is 1. The molecule has 0 aromatic heterocycles. The molecule has 18 heavy (non-hydrogen) atoms. The van der Waals surface area contributed by atoms with Crippen LogP contribution in [0, 0.1) is 5.82 Å². The third-order valence-electron chi connectivity index (χ3n) is 3.02. The quantitative estimate of drug-likeness (QED) is 0.841. The summed E-state index contributed by atoms with van der Waals surface area (Å²) < 4.78 is 12.9. The molecule has 1 aromatic rings. The summed E-state index contributed by atoms with van der Waals surface area (Å²) >= 11 is 0. The summed E-state index contributed by atoms with van der Waals surface area (Å²) in [7, 11) is 0. The highest BCUT2D eigenvalue weighted by Gasteiger charge is 2.29. The molecular formula is C14H21FN2O. The van der Waals surface area contributed by atoms with Crippen molar-refractivity contribution >= 4 is 5.91 Å². The Morgan fingerprint density at radius 2 is 1.94 bits per heavy atom. The number of amides is 1. The third kappa shape index (κ3) is 3.81. The molecular weight excluding hydrogens is 231 g/mol. The maximum Gasteiger partial charge on any atom is 0.230 e. The molecule has 4 heteroatoms. The number of halogens is 1. The van der Waals surface area contributed by atoms with Gasteiger partial charge in [0, 0.05) is 12.6 Å². The van der Waals surface area contributed by atoms with Crippen LogP contribution in [0.3, 0.4) is 0 Å². The van der Waals surface area contributed by atoms with Crippen molar-refractivity contribution in [2.75, 3.05) is 6.54 Å². The van der Waals surface area contributed by atoms with Crippen molar-refractivity contribution in [2.45, 2.75) is 38.6 Å². The van der Waals surface area contributed by atoms with Crippen molar-refractivity contribution in [3.05, 3.63) is 35.6 Å². The maximum absolute atomic E-state index is 12.9. The van der Waals surface area contributed by atoms with Crippen molar-refractivity contribution in [3.8, 4) is 0 Å². The summed E-state index contributed by atoms with van der Waals surface area (Å²) in [4.78, 5) is 12.1. The van der Waals surface area contributed by atoms with Crippen LogP contribution in [0.2, 0.25) is 0 Å². The Morgan fingerprint density at radius 3 is 2.44 bits per heavy atom. The van der Waals surface area contributed by atoms with Crippen LogP contribution in [0.4, 0.5) is 4.39 Å². The normalized spacial score (nSPS) is 13.2. The van der Waals surface area contributed by atoms with E-state index < -0.39 is 5.41 Å². The smallest absolute Gasteiger partial charge is 0.230 e. The highest BCUT2D eigenvalue weighted by Crippen LogP contribution is 2.23. The molecule has 0 aliphatic heterocycles. The van der Waals surface area contributed by atoms with Crippen LogP contribution in [0.25, 0.3) is 0 Å². The van der Waals surface area contributed by atoms with Crippen LogP contribution < -0.4 is 11.1 Å². The van der Waals surface area contributed by atoms with Crippen LogP contribution in [0.15, 0.2) is 24.3 Å². The van der Waals surface area contributed by atoms with Crippen molar-refractivity contribution in [1.29, 1.82) is 0 Å². The third-order valence-corrected chi connectivity index (χ3v) is 3.02. The second-order valence-corrected chi connectivity index (χ2v) is 5.15. The van der Waals surface area contributed by atoms with Gasteiger partial charge < -0.3 is 11.1 Å². The molecule has 0 aliphatic rings. The summed E-state index contributed by atoms with van der Waals surface area (Å²) in [6.45, 7) is 6.10. The lowest BCUT2D eigenvalue weighted by Gasteiger charge is -2.24. The van der Waals surface area contributed by atoms with E-state index >= 15 is 0 Å². The number of hydrogen-bond donors (Lipinski definition) is 2. The fourth-order valence-corrected chi connectivity index (χ4v) is 1.63. The van der Waals surface area contributed by atoms with Crippen molar-refractivity contribution in [1.82, 2.24) is 5.32 Å². The van der Waals surface area contributed by atoms with E-state index in [0.29, 0.717) is 6.54 Å². The molecule has 0 fully saturated rings. The van der Waals surface area contributed by atoms with E-state index in [0.717, 1.165) is 12.0 Å². The predicted molar refractivity (Wildman–Crippen MR) is 70.7 cm³/mol. The largest absolute Gasteiger partial charge is 0.355 e. The van der Waals surface area contributed by atoms with Gasteiger partial charge in [-0.3, -0.25) is 4.79 Å². The Morgan fingerprint density at radius 1 is 1.39 bits per heavy atom. The molecule has 1 aromatic carbocycles. The summed E-state index contributed by atoms with van der Waals surface area (Å²) in [5.41, 5.74) is 5.74. The number of nitrogens with one attached hydrogen (secondary N) is 1. The Kier molecular flexibility index (Phi) is 4.84. The lowest BCUT2D eigenvalue weighted by molar-refractivity contribution is -0.125. The lowest BCUT2D eigenvalue weighted by atomic mass is 9.83. The Balaban J connectivity index is 2.67. The van der Waals surface area contributed by atoms with Gasteiger partial charge in [0.25, 0.3) is 0 Å². The second kappa shape index (κ2) is 5.96. The van der Waals surface area contributed by atoms with Gasteiger partial charge in [-0.05, 0) is 44.9 Å². The molecule has 0 aliphatic carbocycles. The monoisotopic (exact) mass is 252 g/mol. The Labute approximate surface area is 108 Å². The van der Waals surface area contributed by atoms with Crippen molar-refractivity contribution < 1.29 is 9.18 Å². The molecule has 1 rings (SSSR count). The van der Waals surface area contributed by atoms with Gasteiger partial charge in [-0.2, -0.15) is 0 Å². The van der Waals surface area contributed by atoms with E-state index in [1.807, 2.05) is 20.8 Å². The molecule has 0 bridgehead atoms. The van der Waals surface area contributed by atoms with E-state index in [9.17, 15) is 9.18 Å². The molecule has 1 atom stereocenters. The van der Waals surface area contributed by atoms with Crippen LogP contribution in [0.5, 0.6) is 0 Å². The molecule has 0 radical (unpaired) electrons. The molecule has 0 saturated carbocycles. The summed E-state index contributed by atoms with van der Waals surface area (Å²) in [5, 5.41) is 2.85. The zero-order valence-corrected chi connectivity index (χ0v) is 11.2. The fraction of sp³-hybridized carbons (Fsp3) is 0.500. The SMILES string of the molecule is CC(N)CCNC(=O)C(C)(C)c1ccc(F)cc1. The summed E-state index contributed by atoms with van der Waals surface area (Å²) in [5.74, 6) is -0.373. The van der Waals surface area contributed by atoms with Gasteiger partial charge in [0.05, 0.1) is 5.41 Å². The van der Waals surface area contributed by atoms with Crippen molar-refractivity contribution in [3.63, 3.8) is 0 Å². The lowest BCUT2D eigenvalue weighted by Crippen LogP contribution is -2.41. The zero-order valence-electron chi connectivity index (χ0n) is 11.2. The minimum Gasteiger partial charge on any atom is -0.355 e. The van der Waals surface area contributed by atoms with Gasteiger partial charge in [-0.25, -0.2) is 4.39 Å². The Hall–Kier alpha value is -1.42. The van der Waals surface area contributed by atoms with Gasteiger partial charge in [-0.15, -0.1) is 0 Å². The van der Waals surface area contributed by atoms with Gasteiger partial charge in [-0.1, -0.05) is 12.1 Å². The van der Waals surface area contributed by atoms with E-state index in [2.05, 4.69) is 5.32 Å². The molecule has 100 valence electrons. The van der Waals surface area contributed by atoms with E-state index in [4.69, 9.17) is 5.73 Å². The van der Waals surface area contributed by atoms with Crippen LogP contribution in [0.1, 0.15) is 32.8 Å². The van der Waals surface area contributed by atoms with Gasteiger partial charge in [0.1, 0.15) is 5.82 Å².